The summed E-state index contributed by atoms with van der Waals surface area (Å²) in [7, 11) is 0. The lowest BCUT2D eigenvalue weighted by Crippen LogP contribution is -2.03. The number of hydrogen-bond acceptors (Lipinski definition) is 2. The van der Waals surface area contributed by atoms with Gasteiger partial charge in [-0.15, -0.1) is 0 Å². The zero-order valence-electron chi connectivity index (χ0n) is 6.04. The van der Waals surface area contributed by atoms with Crippen LogP contribution >= 0.6 is 0 Å². The summed E-state index contributed by atoms with van der Waals surface area (Å²) < 4.78 is 0. The van der Waals surface area contributed by atoms with Crippen molar-refractivity contribution in [3.05, 3.63) is 29.8 Å². The summed E-state index contributed by atoms with van der Waals surface area (Å²) in [6.07, 6.45) is 4.04. The van der Waals surface area contributed by atoms with Gasteiger partial charge in [0, 0.05) is 17.8 Å². The minimum absolute atomic E-state index is 0.317. The topological polar surface area (TPSA) is 32.3 Å². The normalized spacial score (nSPS) is 13.8. The molecule has 2 N–H and O–H groups in total. The van der Waals surface area contributed by atoms with Gasteiger partial charge in [0.2, 0.25) is 0 Å². The van der Waals surface area contributed by atoms with Gasteiger partial charge >= 0.3 is 0 Å². The largest absolute Gasteiger partial charge is 0.508 e. The fourth-order valence-electron chi connectivity index (χ4n) is 1.20. The van der Waals surface area contributed by atoms with Crippen molar-refractivity contribution in [3.8, 4) is 5.75 Å². The van der Waals surface area contributed by atoms with Crippen LogP contribution in [0, 0.1) is 0 Å². The van der Waals surface area contributed by atoms with Crippen molar-refractivity contribution >= 4 is 11.8 Å². The monoisotopic (exact) mass is 147 g/mol. The Labute approximate surface area is 65.2 Å². The summed E-state index contributed by atoms with van der Waals surface area (Å²) in [5, 5.41) is 12.3. The zero-order valence-corrected chi connectivity index (χ0v) is 6.04. The van der Waals surface area contributed by atoms with E-state index in [1.807, 2.05) is 18.2 Å². The Hall–Kier alpha value is -1.44. The van der Waals surface area contributed by atoms with E-state index in [0.717, 1.165) is 17.8 Å². The Morgan fingerprint density at radius 3 is 3.18 bits per heavy atom. The molecule has 1 aromatic carbocycles. The standard InChI is InChI=1S/C9H9NO/c11-8-3-4-9-7(6-8)2-1-5-10-9/h1-4,6,10-11H,5H2. The summed E-state index contributed by atoms with van der Waals surface area (Å²) in [6, 6.07) is 5.32. The third kappa shape index (κ3) is 1.07. The number of anilines is 1. The van der Waals surface area contributed by atoms with Crippen LogP contribution in [0.1, 0.15) is 5.56 Å². The molecule has 1 aliphatic heterocycles. The second-order valence-electron chi connectivity index (χ2n) is 2.55. The first-order valence-electron chi connectivity index (χ1n) is 3.60. The van der Waals surface area contributed by atoms with E-state index >= 15 is 0 Å². The molecule has 0 atom stereocenters. The quantitative estimate of drug-likeness (QED) is 0.549. The summed E-state index contributed by atoms with van der Waals surface area (Å²) in [5.74, 6) is 0.317. The molecule has 0 aromatic heterocycles. The van der Waals surface area contributed by atoms with E-state index in [0.29, 0.717) is 5.75 Å². The molecule has 0 saturated carbocycles. The van der Waals surface area contributed by atoms with Crippen molar-refractivity contribution in [1.82, 2.24) is 0 Å². The van der Waals surface area contributed by atoms with Crippen LogP contribution in [-0.4, -0.2) is 11.7 Å². The molecule has 0 fully saturated rings. The number of fused-ring (bicyclic) bond motifs is 1. The molecule has 0 spiro atoms. The van der Waals surface area contributed by atoms with Gasteiger partial charge in [-0.25, -0.2) is 0 Å². The number of phenols is 1. The molecule has 0 bridgehead atoms. The molecule has 1 aliphatic rings. The molecule has 0 unspecified atom stereocenters. The second-order valence-corrected chi connectivity index (χ2v) is 2.55. The number of phenolic OH excluding ortho intramolecular Hbond substituents is 1. The first-order valence-corrected chi connectivity index (χ1v) is 3.60. The van der Waals surface area contributed by atoms with Crippen molar-refractivity contribution in [2.75, 3.05) is 11.9 Å². The number of aromatic hydroxyl groups is 1. The molecule has 2 heteroatoms. The zero-order chi connectivity index (χ0) is 7.68. The highest BCUT2D eigenvalue weighted by Gasteiger charge is 2.02. The summed E-state index contributed by atoms with van der Waals surface area (Å²) >= 11 is 0. The van der Waals surface area contributed by atoms with E-state index in [9.17, 15) is 0 Å². The van der Waals surface area contributed by atoms with Crippen molar-refractivity contribution in [1.29, 1.82) is 0 Å². The van der Waals surface area contributed by atoms with Crippen LogP contribution < -0.4 is 5.32 Å². The fraction of sp³-hybridized carbons (Fsp3) is 0.111. The van der Waals surface area contributed by atoms with Gasteiger partial charge in [-0.2, -0.15) is 0 Å². The Morgan fingerprint density at radius 2 is 2.27 bits per heavy atom. The molecule has 0 saturated heterocycles. The van der Waals surface area contributed by atoms with Crippen molar-refractivity contribution in [3.63, 3.8) is 0 Å². The van der Waals surface area contributed by atoms with Gasteiger partial charge in [0.05, 0.1) is 0 Å². The van der Waals surface area contributed by atoms with Crippen molar-refractivity contribution in [2.24, 2.45) is 0 Å². The minimum Gasteiger partial charge on any atom is -0.508 e. The van der Waals surface area contributed by atoms with E-state index in [1.165, 1.54) is 0 Å². The van der Waals surface area contributed by atoms with Gasteiger partial charge in [0.15, 0.2) is 0 Å². The second kappa shape index (κ2) is 2.31. The lowest BCUT2D eigenvalue weighted by atomic mass is 10.1. The lowest BCUT2D eigenvalue weighted by molar-refractivity contribution is 0.475. The van der Waals surface area contributed by atoms with Gasteiger partial charge in [-0.1, -0.05) is 12.2 Å². The van der Waals surface area contributed by atoms with E-state index in [4.69, 9.17) is 5.11 Å². The third-order valence-corrected chi connectivity index (χ3v) is 1.74. The van der Waals surface area contributed by atoms with Gasteiger partial charge < -0.3 is 10.4 Å². The average Bonchev–Trinajstić information content (AvgIpc) is 2.04. The summed E-state index contributed by atoms with van der Waals surface area (Å²) in [5.41, 5.74) is 2.14. The highest BCUT2D eigenvalue weighted by Crippen LogP contribution is 2.24. The van der Waals surface area contributed by atoms with Crippen molar-refractivity contribution in [2.45, 2.75) is 0 Å². The van der Waals surface area contributed by atoms with Crippen LogP contribution in [0.4, 0.5) is 5.69 Å². The van der Waals surface area contributed by atoms with Crippen LogP contribution in [0.15, 0.2) is 24.3 Å². The lowest BCUT2D eigenvalue weighted by Gasteiger charge is -2.12. The van der Waals surface area contributed by atoms with Crippen LogP contribution in [0.25, 0.3) is 6.08 Å². The van der Waals surface area contributed by atoms with Gasteiger partial charge in [-0.05, 0) is 18.2 Å². The SMILES string of the molecule is Oc1ccc2c(c1)C=CCN2. The predicted octanol–water partition coefficient (Wildman–Crippen LogP) is 1.83. The van der Waals surface area contributed by atoms with E-state index < -0.39 is 0 Å². The molecule has 11 heavy (non-hydrogen) atoms. The maximum atomic E-state index is 9.13. The fourth-order valence-corrected chi connectivity index (χ4v) is 1.20. The summed E-state index contributed by atoms with van der Waals surface area (Å²) in [6.45, 7) is 0.873. The van der Waals surface area contributed by atoms with Crippen LogP contribution in [-0.2, 0) is 0 Å². The maximum absolute atomic E-state index is 9.13. The molecule has 2 nitrogen and oxygen atoms in total. The van der Waals surface area contributed by atoms with Gasteiger partial charge in [-0.3, -0.25) is 0 Å². The molecule has 0 radical (unpaired) electrons. The van der Waals surface area contributed by atoms with Crippen LogP contribution in [0.5, 0.6) is 5.75 Å². The first-order chi connectivity index (χ1) is 5.36. The third-order valence-electron chi connectivity index (χ3n) is 1.74. The predicted molar refractivity (Wildman–Crippen MR) is 45.6 cm³/mol. The average molecular weight is 147 g/mol. The number of nitrogens with one attached hydrogen (secondary N) is 1. The molecular formula is C9H9NO. The highest BCUT2D eigenvalue weighted by atomic mass is 16.3. The Balaban J connectivity index is 2.54. The Morgan fingerprint density at radius 1 is 1.36 bits per heavy atom. The Bertz CT molecular complexity index is 304. The molecular weight excluding hydrogens is 138 g/mol. The van der Waals surface area contributed by atoms with E-state index in [1.54, 1.807) is 12.1 Å². The smallest absolute Gasteiger partial charge is 0.116 e. The molecule has 0 amide bonds. The Kier molecular flexibility index (Phi) is 1.32. The number of hydrogen-bond donors (Lipinski definition) is 2. The summed E-state index contributed by atoms with van der Waals surface area (Å²) in [4.78, 5) is 0. The number of rotatable bonds is 0. The van der Waals surface area contributed by atoms with Crippen molar-refractivity contribution < 1.29 is 5.11 Å². The first kappa shape index (κ1) is 6.28. The minimum atomic E-state index is 0.317. The van der Waals surface area contributed by atoms with E-state index in [-0.39, 0.29) is 0 Å². The maximum Gasteiger partial charge on any atom is 0.116 e. The van der Waals surface area contributed by atoms with Crippen LogP contribution in [0.3, 0.4) is 0 Å². The molecule has 1 aromatic rings. The number of benzene rings is 1. The van der Waals surface area contributed by atoms with E-state index in [2.05, 4.69) is 5.32 Å². The molecule has 56 valence electrons. The van der Waals surface area contributed by atoms with Gasteiger partial charge in [0.1, 0.15) is 5.75 Å². The van der Waals surface area contributed by atoms with Crippen LogP contribution in [0.2, 0.25) is 0 Å². The molecule has 0 aliphatic carbocycles. The van der Waals surface area contributed by atoms with Gasteiger partial charge in [0.25, 0.3) is 0 Å². The highest BCUT2D eigenvalue weighted by molar-refractivity contribution is 5.71. The molecule has 1 heterocycles. The molecule has 2 rings (SSSR count).